The topological polar surface area (TPSA) is 30.5 Å². The van der Waals surface area contributed by atoms with E-state index in [9.17, 15) is 0 Å². The van der Waals surface area contributed by atoms with Crippen molar-refractivity contribution >= 4 is 15.9 Å². The first kappa shape index (κ1) is 14.4. The van der Waals surface area contributed by atoms with Gasteiger partial charge in [0.05, 0.1) is 4.47 Å². The van der Waals surface area contributed by atoms with E-state index in [1.807, 2.05) is 6.07 Å². The van der Waals surface area contributed by atoms with Gasteiger partial charge in [-0.25, -0.2) is 0 Å². The quantitative estimate of drug-likeness (QED) is 0.892. The highest BCUT2D eigenvalue weighted by Gasteiger charge is 2.18. The van der Waals surface area contributed by atoms with E-state index in [0.29, 0.717) is 12.8 Å². The molecule has 0 spiro atoms. The highest BCUT2D eigenvalue weighted by Crippen LogP contribution is 2.40. The number of aryl methyl sites for hydroxylation is 1. The summed E-state index contributed by atoms with van der Waals surface area (Å²) in [6.45, 7) is 5.35. The van der Waals surface area contributed by atoms with Crippen molar-refractivity contribution in [2.24, 2.45) is 0 Å². The number of nitrogens with one attached hydrogen (secondary N) is 1. The molecule has 2 aromatic carbocycles. The van der Waals surface area contributed by atoms with Crippen LogP contribution in [0.1, 0.15) is 29.7 Å². The van der Waals surface area contributed by atoms with Crippen LogP contribution in [0, 0.1) is 6.92 Å². The van der Waals surface area contributed by atoms with Gasteiger partial charge >= 0.3 is 0 Å². The van der Waals surface area contributed by atoms with Crippen LogP contribution in [-0.2, 0) is 6.54 Å². The summed E-state index contributed by atoms with van der Waals surface area (Å²) in [6, 6.07) is 13.0. The third-order valence-corrected chi connectivity index (χ3v) is 4.27. The fourth-order valence-electron chi connectivity index (χ4n) is 2.37. The van der Waals surface area contributed by atoms with Crippen LogP contribution in [0.4, 0.5) is 0 Å². The molecule has 0 radical (unpaired) electrons. The third-order valence-electron chi connectivity index (χ3n) is 3.68. The van der Waals surface area contributed by atoms with Gasteiger partial charge in [-0.3, -0.25) is 0 Å². The zero-order chi connectivity index (χ0) is 14.8. The lowest BCUT2D eigenvalue weighted by molar-refractivity contribution is 0.173. The number of halogens is 1. The molecular weight excluding hydrogens is 330 g/mol. The van der Waals surface area contributed by atoms with Crippen LogP contribution in [0.15, 0.2) is 40.9 Å². The molecular formula is C17H18BrNO2. The van der Waals surface area contributed by atoms with E-state index in [-0.39, 0.29) is 0 Å². The van der Waals surface area contributed by atoms with Gasteiger partial charge in [0, 0.05) is 12.6 Å². The van der Waals surface area contributed by atoms with Gasteiger partial charge in [0.25, 0.3) is 0 Å². The molecule has 0 bridgehead atoms. The summed E-state index contributed by atoms with van der Waals surface area (Å²) in [7, 11) is 0. The minimum absolute atomic E-state index is 0.296. The maximum absolute atomic E-state index is 5.44. The van der Waals surface area contributed by atoms with Crippen LogP contribution < -0.4 is 14.8 Å². The van der Waals surface area contributed by atoms with Crippen LogP contribution in [-0.4, -0.2) is 6.79 Å². The Morgan fingerprint density at radius 2 is 1.95 bits per heavy atom. The van der Waals surface area contributed by atoms with Crippen LogP contribution in [0.5, 0.6) is 11.5 Å². The second-order valence-corrected chi connectivity index (χ2v) is 6.18. The van der Waals surface area contributed by atoms with Gasteiger partial charge in [-0.1, -0.05) is 29.8 Å². The summed E-state index contributed by atoms with van der Waals surface area (Å²) in [5.41, 5.74) is 3.75. The number of ether oxygens (including phenoxy) is 2. The van der Waals surface area contributed by atoms with E-state index in [2.05, 4.69) is 65.4 Å². The Labute approximate surface area is 133 Å². The Bertz CT molecular complexity index is 640. The predicted octanol–water partition coefficient (Wildman–Crippen LogP) is 4.34. The smallest absolute Gasteiger partial charge is 0.231 e. The molecule has 0 aliphatic carbocycles. The van der Waals surface area contributed by atoms with Gasteiger partial charge in [0.2, 0.25) is 6.79 Å². The van der Waals surface area contributed by atoms with Gasteiger partial charge in [-0.2, -0.15) is 0 Å². The summed E-state index contributed by atoms with van der Waals surface area (Å²) in [6.07, 6.45) is 0. The summed E-state index contributed by atoms with van der Waals surface area (Å²) in [4.78, 5) is 0. The standard InChI is InChI=1S/C17H18BrNO2/c1-11-3-5-14(6-4-11)12(2)19-9-13-7-15(18)17-16(8-13)20-10-21-17/h3-8,12,19H,9-10H2,1-2H3. The molecule has 1 atom stereocenters. The first-order valence-corrected chi connectivity index (χ1v) is 7.81. The number of hydrogen-bond acceptors (Lipinski definition) is 3. The summed E-state index contributed by atoms with van der Waals surface area (Å²) in [5.74, 6) is 1.61. The Balaban J connectivity index is 1.67. The van der Waals surface area contributed by atoms with Crippen molar-refractivity contribution in [2.45, 2.75) is 26.4 Å². The van der Waals surface area contributed by atoms with Crippen LogP contribution in [0.25, 0.3) is 0 Å². The van der Waals surface area contributed by atoms with Gasteiger partial charge in [0.1, 0.15) is 0 Å². The Hall–Kier alpha value is -1.52. The number of rotatable bonds is 4. The Morgan fingerprint density at radius 1 is 1.19 bits per heavy atom. The van der Waals surface area contributed by atoms with Gasteiger partial charge in [-0.05, 0) is 53.0 Å². The zero-order valence-corrected chi connectivity index (χ0v) is 13.7. The Morgan fingerprint density at radius 3 is 2.71 bits per heavy atom. The molecule has 2 aromatic rings. The molecule has 110 valence electrons. The molecule has 0 aromatic heterocycles. The molecule has 1 aliphatic rings. The number of fused-ring (bicyclic) bond motifs is 1. The lowest BCUT2D eigenvalue weighted by Crippen LogP contribution is -2.18. The predicted molar refractivity (Wildman–Crippen MR) is 86.7 cm³/mol. The SMILES string of the molecule is Cc1ccc(C(C)NCc2cc(Br)c3c(c2)OCO3)cc1. The number of benzene rings is 2. The molecule has 3 rings (SSSR count). The third kappa shape index (κ3) is 3.22. The molecule has 1 unspecified atom stereocenters. The summed E-state index contributed by atoms with van der Waals surface area (Å²) >= 11 is 3.53. The molecule has 4 heteroatoms. The molecule has 0 saturated heterocycles. The van der Waals surface area contributed by atoms with E-state index >= 15 is 0 Å². The average molecular weight is 348 g/mol. The van der Waals surface area contributed by atoms with Crippen molar-refractivity contribution in [1.82, 2.24) is 5.32 Å². The molecule has 0 saturated carbocycles. The zero-order valence-electron chi connectivity index (χ0n) is 12.2. The van der Waals surface area contributed by atoms with E-state index in [1.54, 1.807) is 0 Å². The van der Waals surface area contributed by atoms with Crippen LogP contribution >= 0.6 is 15.9 Å². The highest BCUT2D eigenvalue weighted by atomic mass is 79.9. The molecule has 1 aliphatic heterocycles. The fraction of sp³-hybridized carbons (Fsp3) is 0.294. The summed E-state index contributed by atoms with van der Waals surface area (Å²) < 4.78 is 11.8. The first-order valence-electron chi connectivity index (χ1n) is 7.01. The number of hydrogen-bond donors (Lipinski definition) is 1. The molecule has 1 heterocycles. The highest BCUT2D eigenvalue weighted by molar-refractivity contribution is 9.10. The van der Waals surface area contributed by atoms with Crippen LogP contribution in [0.3, 0.4) is 0 Å². The largest absolute Gasteiger partial charge is 0.454 e. The van der Waals surface area contributed by atoms with E-state index in [0.717, 1.165) is 22.5 Å². The van der Waals surface area contributed by atoms with E-state index in [4.69, 9.17) is 9.47 Å². The average Bonchev–Trinajstić information content (AvgIpc) is 2.94. The molecule has 1 N–H and O–H groups in total. The second-order valence-electron chi connectivity index (χ2n) is 5.32. The van der Waals surface area contributed by atoms with Crippen molar-refractivity contribution in [3.63, 3.8) is 0 Å². The van der Waals surface area contributed by atoms with Crippen molar-refractivity contribution in [3.05, 3.63) is 57.6 Å². The second kappa shape index (κ2) is 6.08. The first-order chi connectivity index (χ1) is 10.1. The fourth-order valence-corrected chi connectivity index (χ4v) is 2.97. The normalized spacial score (nSPS) is 14.2. The minimum Gasteiger partial charge on any atom is -0.454 e. The maximum atomic E-state index is 5.44. The monoisotopic (exact) mass is 347 g/mol. The van der Waals surface area contributed by atoms with Crippen molar-refractivity contribution in [3.8, 4) is 11.5 Å². The van der Waals surface area contributed by atoms with Gasteiger partial charge in [-0.15, -0.1) is 0 Å². The Kier molecular flexibility index (Phi) is 4.17. The lowest BCUT2D eigenvalue weighted by Gasteiger charge is -2.15. The van der Waals surface area contributed by atoms with E-state index < -0.39 is 0 Å². The lowest BCUT2D eigenvalue weighted by atomic mass is 10.1. The van der Waals surface area contributed by atoms with Crippen molar-refractivity contribution < 1.29 is 9.47 Å². The molecule has 0 fully saturated rings. The minimum atomic E-state index is 0.296. The van der Waals surface area contributed by atoms with Crippen molar-refractivity contribution in [1.29, 1.82) is 0 Å². The molecule has 3 nitrogen and oxygen atoms in total. The van der Waals surface area contributed by atoms with Gasteiger partial charge < -0.3 is 14.8 Å². The van der Waals surface area contributed by atoms with Crippen LogP contribution in [0.2, 0.25) is 0 Å². The summed E-state index contributed by atoms with van der Waals surface area (Å²) in [5, 5.41) is 3.54. The van der Waals surface area contributed by atoms with E-state index in [1.165, 1.54) is 16.7 Å². The van der Waals surface area contributed by atoms with Gasteiger partial charge in [0.15, 0.2) is 11.5 Å². The van der Waals surface area contributed by atoms with Crippen molar-refractivity contribution in [2.75, 3.05) is 6.79 Å². The maximum Gasteiger partial charge on any atom is 0.231 e. The molecule has 0 amide bonds. The molecule has 21 heavy (non-hydrogen) atoms.